The summed E-state index contributed by atoms with van der Waals surface area (Å²) in [6.45, 7) is 14.9. The van der Waals surface area contributed by atoms with Crippen molar-refractivity contribution in [2.45, 2.75) is 168 Å². The highest BCUT2D eigenvalue weighted by Gasteiger charge is 2.49. The van der Waals surface area contributed by atoms with Gasteiger partial charge in [0.05, 0.1) is 18.2 Å². The minimum absolute atomic E-state index is 0.0438. The maximum Gasteiger partial charge on any atom is 0.335 e. The van der Waals surface area contributed by atoms with E-state index in [1.54, 1.807) is 0 Å². The van der Waals surface area contributed by atoms with Gasteiger partial charge < -0.3 is 15.5 Å². The molecular formula is C57H73N5O3. The summed E-state index contributed by atoms with van der Waals surface area (Å²) in [6, 6.07) is -0.0418. The fraction of sp³-hybridized carbons (Fsp3) is 0.491. The number of rotatable bonds is 17. The number of unbranched alkanes of at least 4 members (excludes halogenated alkanes) is 5. The van der Waals surface area contributed by atoms with Crippen molar-refractivity contribution in [3.05, 3.63) is 153 Å². The highest BCUT2D eigenvalue weighted by molar-refractivity contribution is 6.30. The van der Waals surface area contributed by atoms with E-state index in [0.717, 1.165) is 35.3 Å². The Morgan fingerprint density at radius 2 is 1.09 bits per heavy atom. The predicted octanol–water partition coefficient (Wildman–Crippen LogP) is 11.9. The van der Waals surface area contributed by atoms with Gasteiger partial charge in [0.2, 0.25) is 0 Å². The molecule has 0 aromatic heterocycles. The first kappa shape index (κ1) is 46.3. The van der Waals surface area contributed by atoms with Crippen LogP contribution in [0.15, 0.2) is 153 Å². The number of carbonyl (C=O) groups excluding carboxylic acids is 3. The second-order valence-electron chi connectivity index (χ2n) is 19.7. The van der Waals surface area contributed by atoms with E-state index in [-0.39, 0.29) is 29.5 Å². The number of likely N-dealkylation sites (tertiary alicyclic amines) is 2. The molecular weight excluding hydrogens is 803 g/mol. The van der Waals surface area contributed by atoms with Crippen LogP contribution >= 0.6 is 0 Å². The molecule has 0 spiro atoms. The van der Waals surface area contributed by atoms with Crippen molar-refractivity contribution >= 4 is 17.8 Å². The summed E-state index contributed by atoms with van der Waals surface area (Å²) in [5, 5.41) is 0. The van der Waals surface area contributed by atoms with Crippen molar-refractivity contribution in [2.24, 2.45) is 17.6 Å². The molecule has 3 heterocycles. The number of allylic oxidation sites excluding steroid dienone is 19. The fourth-order valence-corrected chi connectivity index (χ4v) is 11.9. The van der Waals surface area contributed by atoms with Gasteiger partial charge in [-0.1, -0.05) is 157 Å². The van der Waals surface area contributed by atoms with Crippen molar-refractivity contribution in [2.75, 3.05) is 0 Å². The van der Waals surface area contributed by atoms with E-state index in [4.69, 9.17) is 5.73 Å². The van der Waals surface area contributed by atoms with Crippen molar-refractivity contribution < 1.29 is 14.4 Å². The van der Waals surface area contributed by atoms with E-state index in [0.29, 0.717) is 43.3 Å². The summed E-state index contributed by atoms with van der Waals surface area (Å²) in [5.74, 6) is -0.629. The van der Waals surface area contributed by atoms with Crippen LogP contribution in [0.25, 0.3) is 0 Å². The first-order valence-electron chi connectivity index (χ1n) is 25.2. The number of hydrogen-bond donors (Lipinski definition) is 1. The van der Waals surface area contributed by atoms with Crippen molar-refractivity contribution in [1.29, 1.82) is 0 Å². The molecule has 65 heavy (non-hydrogen) atoms. The Kier molecular flexibility index (Phi) is 14.3. The van der Waals surface area contributed by atoms with Gasteiger partial charge in [0.15, 0.2) is 0 Å². The van der Waals surface area contributed by atoms with E-state index in [9.17, 15) is 14.4 Å². The molecule has 1 saturated carbocycles. The molecule has 3 saturated heterocycles. The van der Waals surface area contributed by atoms with Crippen LogP contribution in [0.4, 0.5) is 4.79 Å². The van der Waals surface area contributed by atoms with E-state index >= 15 is 0 Å². The molecule has 7 atom stereocenters. The average Bonchev–Trinajstić information content (AvgIpc) is 3.94. The molecule has 8 rings (SSSR count). The maximum atomic E-state index is 15.0. The summed E-state index contributed by atoms with van der Waals surface area (Å²) < 4.78 is 0. The number of nitrogens with zero attached hydrogens (tertiary/aromatic N) is 4. The molecule has 2 N–H and O–H groups in total. The molecule has 5 aliphatic carbocycles. The minimum Gasteiger partial charge on any atom is -0.361 e. The lowest BCUT2D eigenvalue weighted by Crippen LogP contribution is -2.63. The van der Waals surface area contributed by atoms with Crippen LogP contribution in [-0.2, 0) is 9.59 Å². The molecule has 8 nitrogen and oxygen atoms in total. The van der Waals surface area contributed by atoms with E-state index in [2.05, 4.69) is 135 Å². The van der Waals surface area contributed by atoms with Crippen LogP contribution in [0.2, 0.25) is 0 Å². The SMILES string of the molecule is CCCCCCCCC(C)N1\C(=C/C=C2\CCC(=C\C=C3\C4=CC=CC5=CC=CC(C54)N3C(C)CCC)\C2=C2/C(=O)N(C(C)C)C(=O)N(C(N)CCC)C2=O)C2=CC=CC3=CC=CC1C32. The monoisotopic (exact) mass is 876 g/mol. The molecule has 0 aromatic carbocycles. The highest BCUT2D eigenvalue weighted by Crippen LogP contribution is 2.50. The largest absolute Gasteiger partial charge is 0.361 e. The molecule has 0 radical (unpaired) electrons. The zero-order chi connectivity index (χ0) is 45.9. The molecule has 4 fully saturated rings. The topological polar surface area (TPSA) is 90.2 Å². The van der Waals surface area contributed by atoms with Gasteiger partial charge in [0, 0.05) is 41.4 Å². The Hall–Kier alpha value is -5.21. The van der Waals surface area contributed by atoms with Crippen LogP contribution in [0.1, 0.15) is 132 Å². The van der Waals surface area contributed by atoms with Gasteiger partial charge in [0.25, 0.3) is 11.8 Å². The lowest BCUT2D eigenvalue weighted by Gasteiger charge is -2.39. The summed E-state index contributed by atoms with van der Waals surface area (Å²) in [5.41, 5.74) is 16.9. The van der Waals surface area contributed by atoms with Crippen LogP contribution in [0, 0.1) is 11.8 Å². The normalized spacial score (nSPS) is 29.5. The Morgan fingerprint density at radius 1 is 0.585 bits per heavy atom. The van der Waals surface area contributed by atoms with Gasteiger partial charge in [-0.15, -0.1) is 0 Å². The predicted molar refractivity (Wildman–Crippen MR) is 265 cm³/mol. The standard InChI is InChI=1S/C57H73N5O3/c1-8-11-12-13-14-15-22-39(7)61-47(45-28-17-24-41-26-19-30-49(61)53(41)45)36-34-43-32-31-42(51(43)54-55(63)59(37(4)5)57(65)62(56(54)64)50(58)21-10-3)33-35-46-44-27-16-23-40-25-18-29-48(52(40)44)60(46)38(6)20-9-2/h16-19,23-30,33-39,48-50,52-53H,8-15,20-22,31-32,58H2,1-7H3/b42-33-,43-34+,46-35-,47-36-,54-51-. The number of carbonyl (C=O) groups is 3. The van der Waals surface area contributed by atoms with E-state index in [1.165, 1.54) is 77.1 Å². The third-order valence-electron chi connectivity index (χ3n) is 15.0. The van der Waals surface area contributed by atoms with Crippen molar-refractivity contribution in [3.8, 4) is 0 Å². The smallest absolute Gasteiger partial charge is 0.335 e. The maximum absolute atomic E-state index is 15.0. The summed E-state index contributed by atoms with van der Waals surface area (Å²) >= 11 is 0. The van der Waals surface area contributed by atoms with Crippen molar-refractivity contribution in [1.82, 2.24) is 19.6 Å². The Labute approximate surface area is 389 Å². The highest BCUT2D eigenvalue weighted by atomic mass is 16.2. The van der Waals surface area contributed by atoms with Crippen LogP contribution in [0.3, 0.4) is 0 Å². The number of urea groups is 1. The average molecular weight is 876 g/mol. The Balaban J connectivity index is 1.27. The zero-order valence-electron chi connectivity index (χ0n) is 40.1. The Morgan fingerprint density at radius 3 is 1.62 bits per heavy atom. The number of hydrogen-bond acceptors (Lipinski definition) is 6. The molecule has 7 unspecified atom stereocenters. The lowest BCUT2D eigenvalue weighted by atomic mass is 9.81. The number of nitrogens with two attached hydrogens (primary N) is 1. The minimum atomic E-state index is -0.849. The number of barbiturate groups is 1. The molecule has 344 valence electrons. The second-order valence-corrected chi connectivity index (χ2v) is 19.7. The fourth-order valence-electron chi connectivity index (χ4n) is 11.9. The van der Waals surface area contributed by atoms with Crippen LogP contribution in [0.5, 0.6) is 0 Å². The summed E-state index contributed by atoms with van der Waals surface area (Å²) in [7, 11) is 0. The second kappa shape index (κ2) is 20.1. The van der Waals surface area contributed by atoms with Gasteiger partial charge in [-0.2, -0.15) is 0 Å². The van der Waals surface area contributed by atoms with Gasteiger partial charge in [0.1, 0.15) is 5.57 Å². The molecule has 8 aliphatic rings. The first-order valence-corrected chi connectivity index (χ1v) is 25.2. The van der Waals surface area contributed by atoms with Gasteiger partial charge >= 0.3 is 6.03 Å². The van der Waals surface area contributed by atoms with Gasteiger partial charge in [-0.05, 0) is 111 Å². The summed E-state index contributed by atoms with van der Waals surface area (Å²) in [4.78, 5) is 51.5. The third-order valence-corrected chi connectivity index (χ3v) is 15.0. The van der Waals surface area contributed by atoms with Gasteiger partial charge in [-0.25, -0.2) is 9.69 Å². The summed E-state index contributed by atoms with van der Waals surface area (Å²) in [6.07, 6.45) is 48.3. The molecule has 4 amide bonds. The lowest BCUT2D eigenvalue weighted by molar-refractivity contribution is -0.138. The number of amides is 4. The Bertz CT molecular complexity index is 2330. The first-order chi connectivity index (χ1) is 31.5. The van der Waals surface area contributed by atoms with Crippen molar-refractivity contribution in [3.63, 3.8) is 0 Å². The van der Waals surface area contributed by atoms with Crippen LogP contribution in [-0.4, -0.2) is 73.8 Å². The van der Waals surface area contributed by atoms with Gasteiger partial charge in [-0.3, -0.25) is 14.5 Å². The number of imide groups is 2. The molecule has 3 aliphatic heterocycles. The zero-order valence-corrected chi connectivity index (χ0v) is 40.1. The molecule has 8 heteroatoms. The molecule has 0 aromatic rings. The van der Waals surface area contributed by atoms with E-state index < -0.39 is 30.1 Å². The quantitative estimate of drug-likeness (QED) is 0.0889. The molecule has 0 bridgehead atoms. The van der Waals surface area contributed by atoms with E-state index in [1.807, 2.05) is 20.8 Å². The third kappa shape index (κ3) is 8.68. The van der Waals surface area contributed by atoms with Crippen LogP contribution < -0.4 is 5.73 Å².